The third kappa shape index (κ3) is 3.06. The van der Waals surface area contributed by atoms with Gasteiger partial charge < -0.3 is 15.2 Å². The van der Waals surface area contributed by atoms with Gasteiger partial charge in [0.1, 0.15) is 5.82 Å². The Labute approximate surface area is 130 Å². The van der Waals surface area contributed by atoms with Gasteiger partial charge in [0.15, 0.2) is 0 Å². The van der Waals surface area contributed by atoms with E-state index in [9.17, 15) is 0 Å². The fraction of sp³-hybridized carbons (Fsp3) is 0.438. The Bertz CT molecular complexity index is 622. The van der Waals surface area contributed by atoms with Gasteiger partial charge in [0.2, 0.25) is 0 Å². The number of rotatable bonds is 4. The number of nitrogens with two attached hydrogens (primary N) is 1. The van der Waals surface area contributed by atoms with Crippen LogP contribution in [-0.2, 0) is 19.5 Å². The third-order valence-electron chi connectivity index (χ3n) is 4.14. The average Bonchev–Trinajstić information content (AvgIpc) is 2.96. The molecule has 0 radical (unpaired) electrons. The summed E-state index contributed by atoms with van der Waals surface area (Å²) >= 11 is 6.21. The van der Waals surface area contributed by atoms with Crippen molar-refractivity contribution in [1.82, 2.24) is 9.55 Å². The number of fused-ring (bicyclic) bond motifs is 1. The van der Waals surface area contributed by atoms with Gasteiger partial charge in [-0.3, -0.25) is 0 Å². The van der Waals surface area contributed by atoms with E-state index in [0.29, 0.717) is 0 Å². The first-order chi connectivity index (χ1) is 10.2. The van der Waals surface area contributed by atoms with Gasteiger partial charge in [-0.05, 0) is 30.5 Å². The summed E-state index contributed by atoms with van der Waals surface area (Å²) in [6.45, 7) is 4.87. The maximum absolute atomic E-state index is 6.21. The number of halogens is 1. The standard InChI is InChI=1S/C16H21ClN4/c1-2-14(18)9-12-3-4-13(17)10-15(12)21-8-7-20-6-5-19-16(20)11-21/h3-6,10,14H,2,7-9,11,18H2,1H3. The number of benzene rings is 1. The molecule has 4 nitrogen and oxygen atoms in total. The average molecular weight is 305 g/mol. The van der Waals surface area contributed by atoms with Crippen molar-refractivity contribution < 1.29 is 0 Å². The lowest BCUT2D eigenvalue weighted by atomic mass is 10.0. The van der Waals surface area contributed by atoms with E-state index in [2.05, 4.69) is 33.5 Å². The van der Waals surface area contributed by atoms with Gasteiger partial charge in [-0.1, -0.05) is 24.6 Å². The second kappa shape index (κ2) is 6.08. The van der Waals surface area contributed by atoms with Gasteiger partial charge in [0.25, 0.3) is 0 Å². The molecule has 1 aliphatic heterocycles. The molecule has 0 amide bonds. The maximum atomic E-state index is 6.21. The molecular formula is C16H21ClN4. The van der Waals surface area contributed by atoms with Gasteiger partial charge in [-0.25, -0.2) is 4.98 Å². The topological polar surface area (TPSA) is 47.1 Å². The van der Waals surface area contributed by atoms with Gasteiger partial charge >= 0.3 is 0 Å². The Morgan fingerprint density at radius 2 is 2.24 bits per heavy atom. The van der Waals surface area contributed by atoms with Crippen LogP contribution in [0.2, 0.25) is 5.02 Å². The first-order valence-electron chi connectivity index (χ1n) is 7.46. The van der Waals surface area contributed by atoms with Crippen molar-refractivity contribution in [2.24, 2.45) is 5.73 Å². The predicted octanol–water partition coefficient (Wildman–Crippen LogP) is 2.84. The minimum atomic E-state index is 0.191. The Balaban J connectivity index is 1.89. The summed E-state index contributed by atoms with van der Waals surface area (Å²) in [6, 6.07) is 6.30. The van der Waals surface area contributed by atoms with Crippen molar-refractivity contribution in [2.75, 3.05) is 11.4 Å². The molecule has 2 heterocycles. The Morgan fingerprint density at radius 3 is 3.05 bits per heavy atom. The second-order valence-corrected chi connectivity index (χ2v) is 6.04. The van der Waals surface area contributed by atoms with Gasteiger partial charge in [-0.15, -0.1) is 0 Å². The molecule has 1 unspecified atom stereocenters. The zero-order valence-electron chi connectivity index (χ0n) is 12.3. The van der Waals surface area contributed by atoms with Crippen LogP contribution in [0.1, 0.15) is 24.7 Å². The fourth-order valence-corrected chi connectivity index (χ4v) is 2.98. The normalized spacial score (nSPS) is 15.9. The van der Waals surface area contributed by atoms with E-state index in [1.54, 1.807) is 0 Å². The quantitative estimate of drug-likeness (QED) is 0.945. The fourth-order valence-electron chi connectivity index (χ4n) is 2.81. The van der Waals surface area contributed by atoms with Gasteiger partial charge in [0.05, 0.1) is 6.54 Å². The molecule has 1 atom stereocenters. The molecule has 0 bridgehead atoms. The summed E-state index contributed by atoms with van der Waals surface area (Å²) in [5.74, 6) is 1.10. The molecule has 21 heavy (non-hydrogen) atoms. The van der Waals surface area contributed by atoms with Crippen LogP contribution in [0.4, 0.5) is 5.69 Å². The highest BCUT2D eigenvalue weighted by Crippen LogP contribution is 2.28. The van der Waals surface area contributed by atoms with Gasteiger partial charge in [0, 0.05) is 42.2 Å². The van der Waals surface area contributed by atoms with Crippen LogP contribution in [0.3, 0.4) is 0 Å². The van der Waals surface area contributed by atoms with Crippen molar-refractivity contribution in [3.05, 3.63) is 47.0 Å². The van der Waals surface area contributed by atoms with E-state index in [1.807, 2.05) is 18.5 Å². The molecule has 1 aliphatic rings. The van der Waals surface area contributed by atoms with Crippen molar-refractivity contribution in [3.8, 4) is 0 Å². The number of hydrogen-bond donors (Lipinski definition) is 1. The maximum Gasteiger partial charge on any atom is 0.128 e. The van der Waals surface area contributed by atoms with Crippen LogP contribution in [0.15, 0.2) is 30.6 Å². The Morgan fingerprint density at radius 1 is 1.38 bits per heavy atom. The smallest absolute Gasteiger partial charge is 0.128 e. The zero-order valence-corrected chi connectivity index (χ0v) is 13.1. The van der Waals surface area contributed by atoms with E-state index in [-0.39, 0.29) is 6.04 Å². The SMILES string of the molecule is CCC(N)Cc1ccc(Cl)cc1N1CCn2ccnc2C1. The van der Waals surface area contributed by atoms with E-state index >= 15 is 0 Å². The van der Waals surface area contributed by atoms with Crippen molar-refractivity contribution in [1.29, 1.82) is 0 Å². The highest BCUT2D eigenvalue weighted by atomic mass is 35.5. The molecule has 0 saturated carbocycles. The summed E-state index contributed by atoms with van der Waals surface area (Å²) in [4.78, 5) is 6.78. The first-order valence-corrected chi connectivity index (χ1v) is 7.84. The summed E-state index contributed by atoms with van der Waals surface area (Å²) in [7, 11) is 0. The molecule has 0 saturated heterocycles. The van der Waals surface area contributed by atoms with E-state index < -0.39 is 0 Å². The second-order valence-electron chi connectivity index (χ2n) is 5.60. The van der Waals surface area contributed by atoms with Crippen molar-refractivity contribution >= 4 is 17.3 Å². The molecule has 2 N–H and O–H groups in total. The highest BCUT2D eigenvalue weighted by Gasteiger charge is 2.20. The van der Waals surface area contributed by atoms with Crippen LogP contribution in [0.25, 0.3) is 0 Å². The molecule has 0 fully saturated rings. The zero-order chi connectivity index (χ0) is 14.8. The third-order valence-corrected chi connectivity index (χ3v) is 4.37. The van der Waals surface area contributed by atoms with Crippen LogP contribution >= 0.6 is 11.6 Å². The molecule has 1 aromatic heterocycles. The highest BCUT2D eigenvalue weighted by molar-refractivity contribution is 6.30. The van der Waals surface area contributed by atoms with Gasteiger partial charge in [-0.2, -0.15) is 0 Å². The lowest BCUT2D eigenvalue weighted by Crippen LogP contribution is -2.34. The van der Waals surface area contributed by atoms with Crippen LogP contribution < -0.4 is 10.6 Å². The van der Waals surface area contributed by atoms with Crippen LogP contribution in [0, 0.1) is 0 Å². The van der Waals surface area contributed by atoms with E-state index in [1.165, 1.54) is 11.3 Å². The lowest BCUT2D eigenvalue weighted by molar-refractivity contribution is 0.557. The van der Waals surface area contributed by atoms with E-state index in [4.69, 9.17) is 17.3 Å². The Kier molecular flexibility index (Phi) is 4.17. The number of imidazole rings is 1. The lowest BCUT2D eigenvalue weighted by Gasteiger charge is -2.31. The van der Waals surface area contributed by atoms with Crippen molar-refractivity contribution in [3.63, 3.8) is 0 Å². The molecule has 1 aromatic carbocycles. The minimum absolute atomic E-state index is 0.191. The number of hydrogen-bond acceptors (Lipinski definition) is 3. The molecule has 3 rings (SSSR count). The predicted molar refractivity (Wildman–Crippen MR) is 86.7 cm³/mol. The summed E-state index contributed by atoms with van der Waals surface area (Å²) in [6.07, 6.45) is 5.77. The first kappa shape index (κ1) is 14.4. The van der Waals surface area contributed by atoms with Crippen molar-refractivity contribution in [2.45, 2.75) is 38.9 Å². The van der Waals surface area contributed by atoms with Crippen LogP contribution in [-0.4, -0.2) is 22.1 Å². The molecule has 2 aromatic rings. The largest absolute Gasteiger partial charge is 0.362 e. The molecule has 112 valence electrons. The number of nitrogens with zero attached hydrogens (tertiary/aromatic N) is 3. The minimum Gasteiger partial charge on any atom is -0.362 e. The van der Waals surface area contributed by atoms with E-state index in [0.717, 1.165) is 43.3 Å². The number of anilines is 1. The summed E-state index contributed by atoms with van der Waals surface area (Å²) < 4.78 is 2.21. The molecule has 0 aliphatic carbocycles. The summed E-state index contributed by atoms with van der Waals surface area (Å²) in [5, 5.41) is 0.771. The summed E-state index contributed by atoms with van der Waals surface area (Å²) in [5.41, 5.74) is 8.60. The molecule has 5 heteroatoms. The Hall–Kier alpha value is -1.52. The molecule has 0 spiro atoms. The number of aromatic nitrogens is 2. The molecular weight excluding hydrogens is 284 g/mol. The van der Waals surface area contributed by atoms with Crippen LogP contribution in [0.5, 0.6) is 0 Å². The monoisotopic (exact) mass is 304 g/mol.